The minimum Gasteiger partial charge on any atom is -0.490 e. The average molecular weight is 669 g/mol. The number of rotatable bonds is 14. The number of ether oxygens (including phenoxy) is 1. The molecule has 44 heavy (non-hydrogen) atoms. The number of sulfonamides is 1. The number of aliphatic hydroxyl groups is 1. The lowest BCUT2D eigenvalue weighted by Gasteiger charge is -2.24. The van der Waals surface area contributed by atoms with Crippen molar-refractivity contribution in [3.8, 4) is 16.9 Å². The fourth-order valence-corrected chi connectivity index (χ4v) is 5.78. The van der Waals surface area contributed by atoms with Gasteiger partial charge in [-0.2, -0.15) is 0 Å². The molecule has 0 spiro atoms. The quantitative estimate of drug-likeness (QED) is 0.179. The summed E-state index contributed by atoms with van der Waals surface area (Å²) >= 11 is 0. The lowest BCUT2D eigenvalue weighted by molar-refractivity contribution is -0.136. The van der Waals surface area contributed by atoms with Crippen molar-refractivity contribution in [2.75, 3.05) is 18.8 Å². The summed E-state index contributed by atoms with van der Waals surface area (Å²) in [5, 5.41) is 22.3. The first kappa shape index (κ1) is 37.0. The highest BCUT2D eigenvalue weighted by atomic mass is 35.5. The standard InChI is InChI=1S/C31H37N3O7S.2ClH/c35-28(25-5-4-16-32-20-25)21-33-17-14-22-8-10-23(11-9-22)24-12-13-27(29(19-24)41-26-6-2-1-3-7-26)31(38)34-42(39,40)18-15-30(36)37;;/h4-5,8-13,16,19-20,26,28,33,35H,1-3,6-7,14-15,17-18,21H2,(H,34,38)(H,36,37);2*1H/t28-;;/m1../s1. The van der Waals surface area contributed by atoms with E-state index in [2.05, 4.69) is 10.3 Å². The molecule has 10 nitrogen and oxygen atoms in total. The molecule has 1 saturated carbocycles. The highest BCUT2D eigenvalue weighted by molar-refractivity contribution is 7.90. The van der Waals surface area contributed by atoms with E-state index >= 15 is 0 Å². The van der Waals surface area contributed by atoms with Crippen LogP contribution in [-0.4, -0.2) is 60.4 Å². The van der Waals surface area contributed by atoms with Crippen LogP contribution in [0.15, 0.2) is 67.0 Å². The van der Waals surface area contributed by atoms with Crippen molar-refractivity contribution in [3.05, 3.63) is 83.7 Å². The number of aliphatic carboxylic acids is 1. The van der Waals surface area contributed by atoms with Crippen LogP contribution in [0, 0.1) is 0 Å². The molecule has 1 aromatic heterocycles. The topological polar surface area (TPSA) is 155 Å². The molecular formula is C31H39Cl2N3O7S. The van der Waals surface area contributed by atoms with Crippen LogP contribution >= 0.6 is 24.8 Å². The van der Waals surface area contributed by atoms with Crippen LogP contribution < -0.4 is 14.8 Å². The maximum Gasteiger partial charge on any atom is 0.304 e. The maximum atomic E-state index is 13.0. The molecule has 1 atom stereocenters. The molecule has 1 fully saturated rings. The number of hydrogen-bond acceptors (Lipinski definition) is 8. The summed E-state index contributed by atoms with van der Waals surface area (Å²) in [6.45, 7) is 1.11. The number of halogens is 2. The number of carbonyl (C=O) groups excluding carboxylic acids is 1. The zero-order valence-corrected chi connectivity index (χ0v) is 26.6. The molecule has 1 heterocycles. The van der Waals surface area contributed by atoms with Crippen LogP contribution in [0.5, 0.6) is 5.75 Å². The fourth-order valence-electron chi connectivity index (χ4n) is 4.84. The summed E-state index contributed by atoms with van der Waals surface area (Å²) in [5.74, 6) is -2.52. The van der Waals surface area contributed by atoms with Crippen molar-refractivity contribution in [1.29, 1.82) is 0 Å². The molecule has 4 N–H and O–H groups in total. The van der Waals surface area contributed by atoms with Crippen molar-refractivity contribution in [2.24, 2.45) is 0 Å². The van der Waals surface area contributed by atoms with Crippen molar-refractivity contribution in [2.45, 2.75) is 57.2 Å². The number of pyridine rings is 1. The Morgan fingerprint density at radius 3 is 2.36 bits per heavy atom. The molecule has 1 amide bonds. The van der Waals surface area contributed by atoms with Gasteiger partial charge in [0, 0.05) is 24.5 Å². The van der Waals surface area contributed by atoms with E-state index in [0.717, 1.165) is 60.8 Å². The molecule has 4 rings (SSSR count). The predicted octanol–water partition coefficient (Wildman–Crippen LogP) is 4.70. The summed E-state index contributed by atoms with van der Waals surface area (Å²) < 4.78 is 32.8. The van der Waals surface area contributed by atoms with Gasteiger partial charge in [-0.15, -0.1) is 24.8 Å². The Kier molecular flexibility index (Phi) is 15.1. The van der Waals surface area contributed by atoms with Crippen LogP contribution in [-0.2, 0) is 21.2 Å². The molecule has 0 aliphatic heterocycles. The van der Waals surface area contributed by atoms with Gasteiger partial charge in [0.05, 0.1) is 29.9 Å². The molecule has 2 aromatic carbocycles. The molecule has 0 saturated heterocycles. The Morgan fingerprint density at radius 2 is 1.70 bits per heavy atom. The Hall–Kier alpha value is -3.22. The van der Waals surface area contributed by atoms with E-state index in [9.17, 15) is 23.1 Å². The second-order valence-corrected chi connectivity index (χ2v) is 12.3. The molecule has 240 valence electrons. The second kappa shape index (κ2) is 17.9. The number of aliphatic hydroxyl groups excluding tert-OH is 1. The van der Waals surface area contributed by atoms with Gasteiger partial charge in [-0.1, -0.05) is 42.8 Å². The average Bonchev–Trinajstić information content (AvgIpc) is 2.99. The number of nitrogens with zero attached hydrogens (tertiary/aromatic N) is 1. The molecule has 0 radical (unpaired) electrons. The van der Waals surface area contributed by atoms with Gasteiger partial charge in [-0.3, -0.25) is 14.6 Å². The summed E-state index contributed by atoms with van der Waals surface area (Å²) in [6, 6.07) is 16.7. The smallest absolute Gasteiger partial charge is 0.304 e. The summed E-state index contributed by atoms with van der Waals surface area (Å²) in [7, 11) is -4.13. The van der Waals surface area contributed by atoms with Crippen LogP contribution in [0.4, 0.5) is 0 Å². The molecule has 0 unspecified atom stereocenters. The Morgan fingerprint density at radius 1 is 1.00 bits per heavy atom. The molecule has 1 aliphatic carbocycles. The normalized spacial score (nSPS) is 14.0. The van der Waals surface area contributed by atoms with Gasteiger partial charge in [0.2, 0.25) is 10.0 Å². The lowest BCUT2D eigenvalue weighted by atomic mass is 9.97. The molecule has 0 bridgehead atoms. The number of benzene rings is 2. The third-order valence-electron chi connectivity index (χ3n) is 7.19. The van der Waals surface area contributed by atoms with Gasteiger partial charge in [-0.25, -0.2) is 13.1 Å². The summed E-state index contributed by atoms with van der Waals surface area (Å²) in [4.78, 5) is 27.8. The van der Waals surface area contributed by atoms with Crippen molar-refractivity contribution >= 4 is 46.7 Å². The first-order valence-corrected chi connectivity index (χ1v) is 15.8. The number of amides is 1. The van der Waals surface area contributed by atoms with E-state index in [1.165, 1.54) is 0 Å². The Bertz CT molecular complexity index is 1450. The van der Waals surface area contributed by atoms with Gasteiger partial charge in [0.25, 0.3) is 5.91 Å². The lowest BCUT2D eigenvalue weighted by Crippen LogP contribution is -2.33. The summed E-state index contributed by atoms with van der Waals surface area (Å²) in [6.07, 6.45) is 7.66. The predicted molar refractivity (Wildman–Crippen MR) is 173 cm³/mol. The highest BCUT2D eigenvalue weighted by Gasteiger charge is 2.23. The van der Waals surface area contributed by atoms with Crippen LogP contribution in [0.25, 0.3) is 11.1 Å². The highest BCUT2D eigenvalue weighted by Crippen LogP contribution is 2.31. The zero-order chi connectivity index (χ0) is 30.0. The van der Waals surface area contributed by atoms with Crippen molar-refractivity contribution in [3.63, 3.8) is 0 Å². The van der Waals surface area contributed by atoms with E-state index in [0.29, 0.717) is 18.8 Å². The second-order valence-electron chi connectivity index (χ2n) is 10.4. The number of carboxylic acids is 1. The minimum absolute atomic E-state index is 0. The molecule has 3 aromatic rings. The van der Waals surface area contributed by atoms with Crippen LogP contribution in [0.3, 0.4) is 0 Å². The molecule has 13 heteroatoms. The van der Waals surface area contributed by atoms with E-state index in [4.69, 9.17) is 9.84 Å². The summed E-state index contributed by atoms with van der Waals surface area (Å²) in [5.41, 5.74) is 3.69. The number of carboxylic acid groups (broad SMARTS) is 1. The SMILES string of the molecule is Cl.Cl.O=C(O)CCS(=O)(=O)NC(=O)c1ccc(-c2ccc(CCNC[C@@H](O)c3cccnc3)cc2)cc1OC1CCCCC1. The van der Waals surface area contributed by atoms with Gasteiger partial charge < -0.3 is 20.3 Å². The first-order chi connectivity index (χ1) is 20.2. The number of hydrogen-bond donors (Lipinski definition) is 4. The van der Waals surface area contributed by atoms with Gasteiger partial charge in [-0.05, 0) is 73.5 Å². The van der Waals surface area contributed by atoms with Crippen molar-refractivity contribution < 1.29 is 33.0 Å². The van der Waals surface area contributed by atoms with Gasteiger partial charge in [0.1, 0.15) is 5.75 Å². The minimum atomic E-state index is -4.13. The van der Waals surface area contributed by atoms with Gasteiger partial charge >= 0.3 is 5.97 Å². The van der Waals surface area contributed by atoms with Crippen LogP contribution in [0.1, 0.15) is 66.1 Å². The van der Waals surface area contributed by atoms with E-state index in [-0.39, 0.29) is 36.5 Å². The van der Waals surface area contributed by atoms with Crippen molar-refractivity contribution in [1.82, 2.24) is 15.0 Å². The maximum absolute atomic E-state index is 13.0. The van der Waals surface area contributed by atoms with E-state index < -0.39 is 40.2 Å². The van der Waals surface area contributed by atoms with Crippen LogP contribution in [0.2, 0.25) is 0 Å². The first-order valence-electron chi connectivity index (χ1n) is 14.2. The van der Waals surface area contributed by atoms with E-state index in [1.807, 2.05) is 35.1 Å². The third-order valence-corrected chi connectivity index (χ3v) is 8.43. The zero-order valence-electron chi connectivity index (χ0n) is 24.2. The monoisotopic (exact) mass is 667 g/mol. The number of nitrogens with one attached hydrogen (secondary N) is 2. The Balaban J connectivity index is 0.00000337. The van der Waals surface area contributed by atoms with Gasteiger partial charge in [0.15, 0.2) is 0 Å². The largest absolute Gasteiger partial charge is 0.490 e. The fraction of sp³-hybridized carbons (Fsp3) is 0.387. The number of aromatic nitrogens is 1. The molecule has 1 aliphatic rings. The number of carbonyl (C=O) groups is 2. The molecular weight excluding hydrogens is 629 g/mol. The third kappa shape index (κ3) is 11.4. The van der Waals surface area contributed by atoms with E-state index in [1.54, 1.807) is 36.7 Å². The Labute approximate surface area is 270 Å².